The van der Waals surface area contributed by atoms with Crippen LogP contribution in [-0.2, 0) is 4.79 Å². The Morgan fingerprint density at radius 2 is 1.71 bits per heavy atom. The second-order valence-electron chi connectivity index (χ2n) is 2.99. The summed E-state index contributed by atoms with van der Waals surface area (Å²) in [6.45, 7) is 0. The van der Waals surface area contributed by atoms with E-state index in [1.807, 2.05) is 0 Å². The molecule has 0 aliphatic heterocycles. The van der Waals surface area contributed by atoms with Crippen LogP contribution in [0.4, 0.5) is 0 Å². The van der Waals surface area contributed by atoms with Gasteiger partial charge in [-0.3, -0.25) is 0 Å². The summed E-state index contributed by atoms with van der Waals surface area (Å²) < 4.78 is 15.5. The standard InChI is InChI=1S/C12H13NO4/c1-15-10-6-9(4-5-13-8-14)7-11(16-2)12(10)17-3/h4-7H,1-3H3. The Hall–Kier alpha value is -2.26. The molecule has 0 aliphatic carbocycles. The third kappa shape index (κ3) is 3.09. The molecule has 90 valence electrons. The topological polar surface area (TPSA) is 57.1 Å². The molecule has 5 heteroatoms. The van der Waals surface area contributed by atoms with Crippen molar-refractivity contribution in [3.05, 3.63) is 23.9 Å². The van der Waals surface area contributed by atoms with Gasteiger partial charge in [0.15, 0.2) is 11.5 Å². The molecule has 5 nitrogen and oxygen atoms in total. The van der Waals surface area contributed by atoms with E-state index in [9.17, 15) is 4.79 Å². The van der Waals surface area contributed by atoms with Gasteiger partial charge in [-0.05, 0) is 23.8 Å². The van der Waals surface area contributed by atoms with Crippen LogP contribution in [0.2, 0.25) is 0 Å². The first-order valence-corrected chi connectivity index (χ1v) is 4.80. The van der Waals surface area contributed by atoms with Crippen molar-refractivity contribution in [3.8, 4) is 17.2 Å². The van der Waals surface area contributed by atoms with Crippen LogP contribution in [0.1, 0.15) is 5.56 Å². The maximum absolute atomic E-state index is 9.93. The highest BCUT2D eigenvalue weighted by Crippen LogP contribution is 2.38. The molecule has 17 heavy (non-hydrogen) atoms. The first-order valence-electron chi connectivity index (χ1n) is 4.80. The fraction of sp³-hybridized carbons (Fsp3) is 0.250. The van der Waals surface area contributed by atoms with Crippen molar-refractivity contribution in [2.45, 2.75) is 0 Å². The smallest absolute Gasteiger partial charge is 0.239 e. The highest BCUT2D eigenvalue weighted by atomic mass is 16.5. The lowest BCUT2D eigenvalue weighted by Crippen LogP contribution is -1.95. The molecule has 0 aromatic heterocycles. The molecular formula is C12H13NO4. The number of benzene rings is 1. The van der Waals surface area contributed by atoms with E-state index in [0.29, 0.717) is 17.2 Å². The van der Waals surface area contributed by atoms with Crippen molar-refractivity contribution >= 4 is 12.2 Å². The van der Waals surface area contributed by atoms with Crippen LogP contribution < -0.4 is 14.2 Å². The van der Waals surface area contributed by atoms with Gasteiger partial charge in [-0.1, -0.05) is 0 Å². The minimum Gasteiger partial charge on any atom is -0.493 e. The highest BCUT2D eigenvalue weighted by Gasteiger charge is 2.11. The van der Waals surface area contributed by atoms with Crippen molar-refractivity contribution in [2.24, 2.45) is 4.99 Å². The van der Waals surface area contributed by atoms with Crippen molar-refractivity contribution < 1.29 is 19.0 Å². The van der Waals surface area contributed by atoms with E-state index in [1.54, 1.807) is 18.2 Å². The number of aliphatic imine (C=N–C) groups is 1. The second-order valence-corrected chi connectivity index (χ2v) is 2.99. The summed E-state index contributed by atoms with van der Waals surface area (Å²) in [7, 11) is 4.61. The second kappa shape index (κ2) is 6.35. The summed E-state index contributed by atoms with van der Waals surface area (Å²) in [6, 6.07) is 3.50. The quantitative estimate of drug-likeness (QED) is 0.578. The molecule has 0 radical (unpaired) electrons. The Morgan fingerprint density at radius 1 is 1.12 bits per heavy atom. The highest BCUT2D eigenvalue weighted by molar-refractivity contribution is 5.62. The molecule has 0 atom stereocenters. The Labute approximate surface area is 99.3 Å². The van der Waals surface area contributed by atoms with E-state index >= 15 is 0 Å². The zero-order valence-electron chi connectivity index (χ0n) is 9.89. The zero-order valence-corrected chi connectivity index (χ0v) is 9.89. The maximum Gasteiger partial charge on any atom is 0.239 e. The lowest BCUT2D eigenvalue weighted by molar-refractivity contribution is 0.324. The van der Waals surface area contributed by atoms with Crippen molar-refractivity contribution in [2.75, 3.05) is 21.3 Å². The monoisotopic (exact) mass is 235 g/mol. The number of carbonyl (C=O) groups excluding carboxylic acids is 1. The number of isocyanates is 1. The van der Waals surface area contributed by atoms with Crippen LogP contribution in [0.3, 0.4) is 0 Å². The van der Waals surface area contributed by atoms with Gasteiger partial charge in [-0.2, -0.15) is 4.99 Å². The minimum atomic E-state index is 0.519. The Bertz CT molecular complexity index is 437. The maximum atomic E-state index is 9.93. The van der Waals surface area contributed by atoms with E-state index < -0.39 is 0 Å². The fourth-order valence-corrected chi connectivity index (χ4v) is 1.35. The summed E-state index contributed by atoms with van der Waals surface area (Å²) in [5.74, 6) is 1.61. The van der Waals surface area contributed by atoms with Gasteiger partial charge in [0.25, 0.3) is 0 Å². The third-order valence-corrected chi connectivity index (χ3v) is 2.08. The average molecular weight is 235 g/mol. The summed E-state index contributed by atoms with van der Waals surface area (Å²) in [4.78, 5) is 13.3. The Balaban J connectivity index is 3.21. The van der Waals surface area contributed by atoms with Crippen molar-refractivity contribution in [3.63, 3.8) is 0 Å². The summed E-state index contributed by atoms with van der Waals surface area (Å²) >= 11 is 0. The van der Waals surface area contributed by atoms with Gasteiger partial charge >= 0.3 is 0 Å². The molecule has 1 rings (SSSR count). The number of ether oxygens (including phenoxy) is 3. The Morgan fingerprint density at radius 3 is 2.12 bits per heavy atom. The van der Waals surface area contributed by atoms with Crippen LogP contribution in [-0.4, -0.2) is 27.4 Å². The number of nitrogens with zero attached hydrogens (tertiary/aromatic N) is 1. The normalized spacial score (nSPS) is 9.82. The van der Waals surface area contributed by atoms with Crippen LogP contribution in [0.15, 0.2) is 23.3 Å². The average Bonchev–Trinajstić information content (AvgIpc) is 2.37. The molecule has 0 fully saturated rings. The van der Waals surface area contributed by atoms with Crippen LogP contribution in [0.25, 0.3) is 6.08 Å². The van der Waals surface area contributed by atoms with Gasteiger partial charge in [0.2, 0.25) is 11.8 Å². The van der Waals surface area contributed by atoms with Gasteiger partial charge in [0, 0.05) is 6.20 Å². The van der Waals surface area contributed by atoms with Gasteiger partial charge < -0.3 is 14.2 Å². The van der Waals surface area contributed by atoms with Crippen LogP contribution in [0.5, 0.6) is 17.2 Å². The molecule has 0 saturated carbocycles. The number of rotatable bonds is 5. The molecule has 0 spiro atoms. The molecule has 0 aliphatic rings. The minimum absolute atomic E-state index is 0.519. The van der Waals surface area contributed by atoms with Gasteiger partial charge in [0.05, 0.1) is 21.3 Å². The zero-order chi connectivity index (χ0) is 12.7. The van der Waals surface area contributed by atoms with Crippen LogP contribution >= 0.6 is 0 Å². The molecule has 0 saturated heterocycles. The van der Waals surface area contributed by atoms with Gasteiger partial charge in [0.1, 0.15) is 0 Å². The lowest BCUT2D eigenvalue weighted by atomic mass is 10.2. The van der Waals surface area contributed by atoms with Crippen molar-refractivity contribution in [1.29, 1.82) is 0 Å². The number of hydrogen-bond acceptors (Lipinski definition) is 5. The molecule has 0 heterocycles. The molecule has 0 amide bonds. The Kier molecular flexibility index (Phi) is 4.78. The number of hydrogen-bond donors (Lipinski definition) is 0. The van der Waals surface area contributed by atoms with E-state index in [-0.39, 0.29) is 0 Å². The molecule has 1 aromatic carbocycles. The molecule has 1 aromatic rings. The van der Waals surface area contributed by atoms with E-state index in [2.05, 4.69) is 4.99 Å². The summed E-state index contributed by atoms with van der Waals surface area (Å²) in [6.07, 6.45) is 4.39. The van der Waals surface area contributed by atoms with Gasteiger partial charge in [-0.25, -0.2) is 4.79 Å². The predicted octanol–water partition coefficient (Wildman–Crippen LogP) is 2.02. The van der Waals surface area contributed by atoms with Gasteiger partial charge in [-0.15, -0.1) is 0 Å². The predicted molar refractivity (Wildman–Crippen MR) is 63.3 cm³/mol. The molecule has 0 N–H and O–H groups in total. The van der Waals surface area contributed by atoms with E-state index in [4.69, 9.17) is 14.2 Å². The number of methoxy groups -OCH3 is 3. The molecule has 0 bridgehead atoms. The molecular weight excluding hydrogens is 222 g/mol. The van der Waals surface area contributed by atoms with E-state index in [1.165, 1.54) is 33.6 Å². The first-order chi connectivity index (χ1) is 8.26. The SMILES string of the molecule is COc1cc(C=CN=C=O)cc(OC)c1OC. The largest absolute Gasteiger partial charge is 0.493 e. The van der Waals surface area contributed by atoms with E-state index in [0.717, 1.165) is 5.56 Å². The fourth-order valence-electron chi connectivity index (χ4n) is 1.35. The summed E-state index contributed by atoms with van der Waals surface area (Å²) in [5.41, 5.74) is 0.776. The van der Waals surface area contributed by atoms with Crippen LogP contribution in [0, 0.1) is 0 Å². The van der Waals surface area contributed by atoms with Crippen molar-refractivity contribution in [1.82, 2.24) is 0 Å². The third-order valence-electron chi connectivity index (χ3n) is 2.08. The lowest BCUT2D eigenvalue weighted by Gasteiger charge is -2.12. The summed E-state index contributed by atoms with van der Waals surface area (Å²) in [5, 5.41) is 0. The first kappa shape index (κ1) is 12.8. The molecule has 0 unspecified atom stereocenters.